The molecule has 0 aliphatic heterocycles. The van der Waals surface area contributed by atoms with Gasteiger partial charge in [-0.2, -0.15) is 0 Å². The zero-order valence-corrected chi connectivity index (χ0v) is 17.1. The predicted molar refractivity (Wildman–Crippen MR) is 109 cm³/mol. The lowest BCUT2D eigenvalue weighted by Crippen LogP contribution is -2.36. The maximum absolute atomic E-state index is 12.3. The first-order valence-corrected chi connectivity index (χ1v) is 9.32. The predicted octanol–water partition coefficient (Wildman–Crippen LogP) is 3.84. The van der Waals surface area contributed by atoms with Gasteiger partial charge in [0.15, 0.2) is 0 Å². The van der Waals surface area contributed by atoms with Crippen LogP contribution in [0.2, 0.25) is 0 Å². The van der Waals surface area contributed by atoms with E-state index in [1.54, 1.807) is 49.7 Å². The summed E-state index contributed by atoms with van der Waals surface area (Å²) in [5, 5.41) is 5.41. The molecule has 8 heteroatoms. The van der Waals surface area contributed by atoms with Gasteiger partial charge in [0.2, 0.25) is 5.88 Å². The number of rotatable bonds is 9. The van der Waals surface area contributed by atoms with E-state index in [2.05, 4.69) is 15.6 Å². The Labute approximate surface area is 170 Å². The van der Waals surface area contributed by atoms with Gasteiger partial charge in [-0.1, -0.05) is 13.8 Å². The number of pyridine rings is 1. The lowest BCUT2D eigenvalue weighted by atomic mass is 9.97. The Kier molecular flexibility index (Phi) is 8.27. The fraction of sp³-hybridized carbons (Fsp3) is 0.381. The van der Waals surface area contributed by atoms with E-state index in [9.17, 15) is 9.59 Å². The minimum Gasteiger partial charge on any atom is -0.497 e. The first-order valence-electron chi connectivity index (χ1n) is 9.32. The first kappa shape index (κ1) is 22.0. The van der Waals surface area contributed by atoms with Crippen molar-refractivity contribution in [2.75, 3.05) is 26.1 Å². The minimum absolute atomic E-state index is 0.172. The number of carbonyl (C=O) groups is 2. The average Bonchev–Trinajstić information content (AvgIpc) is 2.72. The maximum Gasteiger partial charge on any atom is 0.319 e. The molecule has 156 valence electrons. The van der Waals surface area contributed by atoms with E-state index in [0.29, 0.717) is 29.5 Å². The second kappa shape index (κ2) is 10.9. The molecule has 0 saturated heterocycles. The van der Waals surface area contributed by atoms with Crippen LogP contribution in [0.5, 0.6) is 17.4 Å². The molecular weight excluding hydrogens is 374 g/mol. The van der Waals surface area contributed by atoms with Gasteiger partial charge in [0.25, 0.3) is 0 Å². The van der Waals surface area contributed by atoms with E-state index in [4.69, 9.17) is 14.2 Å². The third kappa shape index (κ3) is 6.99. The Morgan fingerprint density at radius 1 is 1.07 bits per heavy atom. The highest BCUT2D eigenvalue weighted by molar-refractivity contribution is 5.90. The van der Waals surface area contributed by atoms with Crippen molar-refractivity contribution in [3.05, 3.63) is 42.6 Å². The summed E-state index contributed by atoms with van der Waals surface area (Å²) in [7, 11) is 2.93. The van der Waals surface area contributed by atoms with Gasteiger partial charge < -0.3 is 24.8 Å². The number of hydrogen-bond donors (Lipinski definition) is 2. The lowest BCUT2D eigenvalue weighted by molar-refractivity contribution is -0.145. The van der Waals surface area contributed by atoms with Crippen molar-refractivity contribution in [3.8, 4) is 17.4 Å². The van der Waals surface area contributed by atoms with Gasteiger partial charge in [0, 0.05) is 12.7 Å². The molecule has 1 aromatic carbocycles. The second-order valence-corrected chi connectivity index (χ2v) is 6.82. The molecule has 2 amide bonds. The van der Waals surface area contributed by atoms with Crippen LogP contribution in [-0.4, -0.2) is 37.7 Å². The van der Waals surface area contributed by atoms with Gasteiger partial charge in [-0.15, -0.1) is 0 Å². The summed E-state index contributed by atoms with van der Waals surface area (Å²) in [5.74, 6) is 1.05. The van der Waals surface area contributed by atoms with Gasteiger partial charge in [-0.25, -0.2) is 9.78 Å². The molecule has 29 heavy (non-hydrogen) atoms. The van der Waals surface area contributed by atoms with Crippen molar-refractivity contribution in [1.82, 2.24) is 10.3 Å². The van der Waals surface area contributed by atoms with Gasteiger partial charge in [0.05, 0.1) is 20.1 Å². The van der Waals surface area contributed by atoms with E-state index in [1.807, 2.05) is 13.8 Å². The molecule has 0 bridgehead atoms. The Balaban J connectivity index is 2.00. The van der Waals surface area contributed by atoms with Crippen molar-refractivity contribution >= 4 is 17.7 Å². The minimum atomic E-state index is -0.463. The van der Waals surface area contributed by atoms with Crippen LogP contribution in [0.3, 0.4) is 0 Å². The van der Waals surface area contributed by atoms with Crippen molar-refractivity contribution < 1.29 is 23.8 Å². The Morgan fingerprint density at radius 2 is 1.76 bits per heavy atom. The maximum atomic E-state index is 12.3. The number of urea groups is 1. The number of nitrogens with zero attached hydrogens (tertiary/aromatic N) is 1. The standard InChI is InChI=1S/C21H27N3O5/c1-14(2)12-15(20(25)28-4)13-23-21(26)24-18-6-5-11-22-19(18)29-17-9-7-16(27-3)8-10-17/h5-11,14-15H,12-13H2,1-4H3,(H2,23,24,26)/t15-/m1/s1. The Bertz CT molecular complexity index is 808. The number of hydrogen-bond acceptors (Lipinski definition) is 6. The monoisotopic (exact) mass is 401 g/mol. The molecule has 2 aromatic rings. The number of benzene rings is 1. The molecule has 0 aliphatic carbocycles. The number of methoxy groups -OCH3 is 2. The van der Waals surface area contributed by atoms with Crippen molar-refractivity contribution in [2.45, 2.75) is 20.3 Å². The number of ether oxygens (including phenoxy) is 3. The second-order valence-electron chi connectivity index (χ2n) is 6.82. The van der Waals surface area contributed by atoms with Crippen LogP contribution in [0.1, 0.15) is 20.3 Å². The molecule has 0 saturated carbocycles. The molecule has 8 nitrogen and oxygen atoms in total. The molecule has 0 fully saturated rings. The largest absolute Gasteiger partial charge is 0.497 e. The molecule has 0 spiro atoms. The summed E-state index contributed by atoms with van der Waals surface area (Å²) in [5.41, 5.74) is 0.402. The van der Waals surface area contributed by atoms with Crippen molar-refractivity contribution in [1.29, 1.82) is 0 Å². The zero-order chi connectivity index (χ0) is 21.2. The van der Waals surface area contributed by atoms with Crippen molar-refractivity contribution in [3.63, 3.8) is 0 Å². The van der Waals surface area contributed by atoms with Gasteiger partial charge in [0.1, 0.15) is 17.2 Å². The number of anilines is 1. The van der Waals surface area contributed by atoms with E-state index in [0.717, 1.165) is 0 Å². The summed E-state index contributed by atoms with van der Waals surface area (Å²) < 4.78 is 15.7. The summed E-state index contributed by atoms with van der Waals surface area (Å²) in [6, 6.07) is 9.91. The van der Waals surface area contributed by atoms with E-state index in [-0.39, 0.29) is 18.4 Å². The number of carbonyl (C=O) groups excluding carboxylic acids is 2. The molecule has 0 unspecified atom stereocenters. The van der Waals surface area contributed by atoms with E-state index < -0.39 is 11.9 Å². The Morgan fingerprint density at radius 3 is 2.38 bits per heavy atom. The van der Waals surface area contributed by atoms with Crippen LogP contribution in [0.25, 0.3) is 0 Å². The molecular formula is C21H27N3O5. The van der Waals surface area contributed by atoms with Crippen LogP contribution in [-0.2, 0) is 9.53 Å². The van der Waals surface area contributed by atoms with Gasteiger partial charge in [-0.05, 0) is 48.7 Å². The number of amides is 2. The highest BCUT2D eigenvalue weighted by atomic mass is 16.5. The highest BCUT2D eigenvalue weighted by Gasteiger charge is 2.21. The van der Waals surface area contributed by atoms with Crippen LogP contribution in [0, 0.1) is 11.8 Å². The van der Waals surface area contributed by atoms with Gasteiger partial charge >= 0.3 is 12.0 Å². The molecule has 1 atom stereocenters. The quantitative estimate of drug-likeness (QED) is 0.620. The topological polar surface area (TPSA) is 98.8 Å². The van der Waals surface area contributed by atoms with Crippen LogP contribution in [0.4, 0.5) is 10.5 Å². The summed E-state index contributed by atoms with van der Waals surface area (Å²) in [6.45, 7) is 4.19. The molecule has 2 N–H and O–H groups in total. The third-order valence-corrected chi connectivity index (χ3v) is 4.09. The summed E-state index contributed by atoms with van der Waals surface area (Å²) in [6.07, 6.45) is 2.18. The Hall–Kier alpha value is -3.29. The van der Waals surface area contributed by atoms with Gasteiger partial charge in [-0.3, -0.25) is 4.79 Å². The zero-order valence-electron chi connectivity index (χ0n) is 17.1. The smallest absolute Gasteiger partial charge is 0.319 e. The van der Waals surface area contributed by atoms with Crippen LogP contribution in [0.15, 0.2) is 42.6 Å². The van der Waals surface area contributed by atoms with E-state index >= 15 is 0 Å². The summed E-state index contributed by atoms with van der Waals surface area (Å²) >= 11 is 0. The van der Waals surface area contributed by atoms with E-state index in [1.165, 1.54) is 7.11 Å². The molecule has 0 aliphatic rings. The number of aromatic nitrogens is 1. The fourth-order valence-corrected chi connectivity index (χ4v) is 2.70. The molecule has 2 rings (SSSR count). The molecule has 0 radical (unpaired) electrons. The third-order valence-electron chi connectivity index (χ3n) is 4.09. The lowest BCUT2D eigenvalue weighted by Gasteiger charge is -2.18. The number of esters is 1. The van der Waals surface area contributed by atoms with Crippen LogP contribution < -0.4 is 20.1 Å². The first-order chi connectivity index (χ1) is 13.9. The number of nitrogens with one attached hydrogen (secondary N) is 2. The summed E-state index contributed by atoms with van der Waals surface area (Å²) in [4.78, 5) is 28.4. The van der Waals surface area contributed by atoms with Crippen molar-refractivity contribution in [2.24, 2.45) is 11.8 Å². The molecule has 1 aromatic heterocycles. The fourth-order valence-electron chi connectivity index (χ4n) is 2.70. The van der Waals surface area contributed by atoms with Crippen LogP contribution >= 0.6 is 0 Å². The SMILES string of the molecule is COC(=O)[C@@H](CNC(=O)Nc1cccnc1Oc1ccc(OC)cc1)CC(C)C. The molecule has 1 heterocycles. The average molecular weight is 401 g/mol. The highest BCUT2D eigenvalue weighted by Crippen LogP contribution is 2.28. The normalized spacial score (nSPS) is 11.5.